The molecule has 3 nitrogen and oxygen atoms in total. The molecule has 1 aliphatic rings. The van der Waals surface area contributed by atoms with E-state index in [2.05, 4.69) is 10.6 Å². The molecule has 1 unspecified atom stereocenters. The standard InChI is InChI=1S/C26H23F3N2OS/c1-2-23(33)24-21-12-11-19(15-17(21)13-14-30-24)31-25(32)22-6-4-3-5-20(22)16-7-9-18(10-8-16)26(27,28)29/h3-12,15,24,30H,2,13-14H2,1H3,(H,31,32). The summed E-state index contributed by atoms with van der Waals surface area (Å²) in [5, 5.41) is 6.39. The number of anilines is 1. The maximum Gasteiger partial charge on any atom is 0.416 e. The van der Waals surface area contributed by atoms with Crippen LogP contribution in [0.1, 0.15) is 46.4 Å². The first kappa shape index (κ1) is 23.1. The number of halogens is 3. The Kier molecular flexibility index (Phi) is 6.63. The van der Waals surface area contributed by atoms with E-state index in [4.69, 9.17) is 12.2 Å². The smallest absolute Gasteiger partial charge is 0.322 e. The van der Waals surface area contributed by atoms with E-state index >= 15 is 0 Å². The second kappa shape index (κ2) is 9.45. The number of nitrogens with one attached hydrogen (secondary N) is 2. The molecule has 1 heterocycles. The highest BCUT2D eigenvalue weighted by atomic mass is 32.1. The summed E-state index contributed by atoms with van der Waals surface area (Å²) < 4.78 is 38.7. The summed E-state index contributed by atoms with van der Waals surface area (Å²) in [6.45, 7) is 2.85. The molecular formula is C26H23F3N2OS. The maximum atomic E-state index is 13.1. The minimum atomic E-state index is -4.41. The van der Waals surface area contributed by atoms with Crippen LogP contribution >= 0.6 is 12.2 Å². The summed E-state index contributed by atoms with van der Waals surface area (Å²) in [4.78, 5) is 14.1. The highest BCUT2D eigenvalue weighted by Crippen LogP contribution is 2.32. The van der Waals surface area contributed by atoms with Crippen molar-refractivity contribution < 1.29 is 18.0 Å². The first-order valence-corrected chi connectivity index (χ1v) is 11.2. The number of rotatable bonds is 5. The Morgan fingerprint density at radius 2 is 1.82 bits per heavy atom. The van der Waals surface area contributed by atoms with Crippen LogP contribution in [-0.4, -0.2) is 17.3 Å². The minimum absolute atomic E-state index is 0.0406. The molecule has 170 valence electrons. The fraction of sp³-hybridized carbons (Fsp3) is 0.231. The van der Waals surface area contributed by atoms with E-state index in [9.17, 15) is 18.0 Å². The average molecular weight is 469 g/mol. The van der Waals surface area contributed by atoms with Crippen molar-refractivity contribution in [3.8, 4) is 11.1 Å². The zero-order chi connectivity index (χ0) is 23.6. The van der Waals surface area contributed by atoms with Gasteiger partial charge in [-0.1, -0.05) is 55.5 Å². The fourth-order valence-corrected chi connectivity index (χ4v) is 4.31. The first-order chi connectivity index (χ1) is 15.8. The number of thiocarbonyl (C=S) groups is 1. The highest BCUT2D eigenvalue weighted by Gasteiger charge is 2.30. The summed E-state index contributed by atoms with van der Waals surface area (Å²) >= 11 is 5.51. The van der Waals surface area contributed by atoms with Crippen LogP contribution in [-0.2, 0) is 12.6 Å². The van der Waals surface area contributed by atoms with Crippen LogP contribution in [0, 0.1) is 0 Å². The monoisotopic (exact) mass is 468 g/mol. The Morgan fingerprint density at radius 3 is 2.52 bits per heavy atom. The van der Waals surface area contributed by atoms with Gasteiger partial charge in [-0.2, -0.15) is 13.2 Å². The molecule has 33 heavy (non-hydrogen) atoms. The third-order valence-corrected chi connectivity index (χ3v) is 6.34. The van der Waals surface area contributed by atoms with Gasteiger partial charge in [0.1, 0.15) is 0 Å². The van der Waals surface area contributed by atoms with Gasteiger partial charge in [0, 0.05) is 22.7 Å². The van der Waals surface area contributed by atoms with E-state index in [0.717, 1.165) is 47.5 Å². The quantitative estimate of drug-likeness (QED) is 0.415. The summed E-state index contributed by atoms with van der Waals surface area (Å²) in [5.74, 6) is -0.319. The van der Waals surface area contributed by atoms with Crippen LogP contribution in [0.15, 0.2) is 66.7 Å². The lowest BCUT2D eigenvalue weighted by Gasteiger charge is -2.28. The molecule has 0 aromatic heterocycles. The van der Waals surface area contributed by atoms with Gasteiger partial charge in [0.05, 0.1) is 11.6 Å². The van der Waals surface area contributed by atoms with Gasteiger partial charge in [0.25, 0.3) is 5.91 Å². The Bertz CT molecular complexity index is 1190. The number of carbonyl (C=O) groups excluding carboxylic acids is 1. The van der Waals surface area contributed by atoms with E-state index in [0.29, 0.717) is 22.4 Å². The molecule has 1 amide bonds. The first-order valence-electron chi connectivity index (χ1n) is 10.7. The molecule has 0 bridgehead atoms. The number of hydrogen-bond donors (Lipinski definition) is 2. The fourth-order valence-electron chi connectivity index (χ4n) is 4.10. The van der Waals surface area contributed by atoms with E-state index in [-0.39, 0.29) is 11.9 Å². The normalized spacial score (nSPS) is 15.6. The second-order valence-corrected chi connectivity index (χ2v) is 8.47. The molecule has 7 heteroatoms. The largest absolute Gasteiger partial charge is 0.416 e. The number of hydrogen-bond acceptors (Lipinski definition) is 3. The third-order valence-electron chi connectivity index (χ3n) is 5.82. The van der Waals surface area contributed by atoms with Crippen molar-refractivity contribution in [3.05, 3.63) is 89.0 Å². The molecule has 0 radical (unpaired) electrons. The SMILES string of the molecule is CCC(=S)C1NCCc2cc(NC(=O)c3ccccc3-c3ccc(C(F)(F)F)cc3)ccc21. The molecule has 0 spiro atoms. The van der Waals surface area contributed by atoms with Gasteiger partial charge in [0.2, 0.25) is 0 Å². The van der Waals surface area contributed by atoms with Crippen molar-refractivity contribution in [2.24, 2.45) is 0 Å². The molecular weight excluding hydrogens is 445 g/mol. The zero-order valence-corrected chi connectivity index (χ0v) is 18.8. The van der Waals surface area contributed by atoms with Crippen LogP contribution in [0.25, 0.3) is 11.1 Å². The molecule has 4 rings (SSSR count). The summed E-state index contributed by atoms with van der Waals surface area (Å²) in [7, 11) is 0. The number of alkyl halides is 3. The highest BCUT2D eigenvalue weighted by molar-refractivity contribution is 7.80. The van der Waals surface area contributed by atoms with Crippen LogP contribution in [0.2, 0.25) is 0 Å². The molecule has 0 aliphatic carbocycles. The Labute approximate surface area is 196 Å². The van der Waals surface area contributed by atoms with Crippen molar-refractivity contribution in [1.29, 1.82) is 0 Å². The Balaban J connectivity index is 1.59. The predicted molar refractivity (Wildman–Crippen MR) is 129 cm³/mol. The number of fused-ring (bicyclic) bond motifs is 1. The van der Waals surface area contributed by atoms with E-state index in [1.807, 2.05) is 25.1 Å². The van der Waals surface area contributed by atoms with Gasteiger partial charge in [-0.05, 0) is 65.4 Å². The number of carbonyl (C=O) groups is 1. The van der Waals surface area contributed by atoms with E-state index < -0.39 is 11.7 Å². The third kappa shape index (κ3) is 4.99. The Morgan fingerprint density at radius 1 is 1.09 bits per heavy atom. The van der Waals surface area contributed by atoms with E-state index in [1.165, 1.54) is 12.1 Å². The lowest BCUT2D eigenvalue weighted by Crippen LogP contribution is -2.34. The number of benzene rings is 3. The van der Waals surface area contributed by atoms with Gasteiger partial charge in [-0.25, -0.2) is 0 Å². The van der Waals surface area contributed by atoms with Crippen LogP contribution in [0.5, 0.6) is 0 Å². The van der Waals surface area contributed by atoms with Crippen molar-refractivity contribution in [1.82, 2.24) is 5.32 Å². The van der Waals surface area contributed by atoms with Crippen LogP contribution in [0.3, 0.4) is 0 Å². The molecule has 1 atom stereocenters. The number of amides is 1. The molecule has 0 saturated carbocycles. The summed E-state index contributed by atoms with van der Waals surface area (Å²) in [6, 6.07) is 17.6. The van der Waals surface area contributed by atoms with Gasteiger partial charge >= 0.3 is 6.18 Å². The van der Waals surface area contributed by atoms with Gasteiger partial charge < -0.3 is 10.6 Å². The summed E-state index contributed by atoms with van der Waals surface area (Å²) in [5.41, 5.74) is 3.73. The summed E-state index contributed by atoms with van der Waals surface area (Å²) in [6.07, 6.45) is -2.76. The van der Waals surface area contributed by atoms with Gasteiger partial charge in [-0.3, -0.25) is 4.79 Å². The molecule has 0 fully saturated rings. The van der Waals surface area contributed by atoms with Crippen molar-refractivity contribution in [2.45, 2.75) is 32.0 Å². The maximum absolute atomic E-state index is 13.1. The topological polar surface area (TPSA) is 41.1 Å². The molecule has 3 aromatic carbocycles. The van der Waals surface area contributed by atoms with Crippen LogP contribution < -0.4 is 10.6 Å². The zero-order valence-electron chi connectivity index (χ0n) is 18.0. The van der Waals surface area contributed by atoms with Crippen molar-refractivity contribution >= 4 is 28.7 Å². The Hall–Kier alpha value is -3.03. The average Bonchev–Trinajstić information content (AvgIpc) is 2.82. The second-order valence-electron chi connectivity index (χ2n) is 7.95. The molecule has 1 aliphatic heterocycles. The van der Waals surface area contributed by atoms with E-state index in [1.54, 1.807) is 24.3 Å². The predicted octanol–water partition coefficient (Wildman–Crippen LogP) is 6.59. The molecule has 3 aromatic rings. The van der Waals surface area contributed by atoms with Gasteiger partial charge in [0.15, 0.2) is 0 Å². The molecule has 0 saturated heterocycles. The lowest BCUT2D eigenvalue weighted by molar-refractivity contribution is -0.137. The van der Waals surface area contributed by atoms with Gasteiger partial charge in [-0.15, -0.1) is 0 Å². The molecule has 2 N–H and O–H groups in total. The minimum Gasteiger partial charge on any atom is -0.322 e. The van der Waals surface area contributed by atoms with Crippen LogP contribution in [0.4, 0.5) is 18.9 Å². The lowest BCUT2D eigenvalue weighted by atomic mass is 9.91. The van der Waals surface area contributed by atoms with Crippen molar-refractivity contribution in [3.63, 3.8) is 0 Å². The van der Waals surface area contributed by atoms with Crippen molar-refractivity contribution in [2.75, 3.05) is 11.9 Å².